The molecule has 1 unspecified atom stereocenters. The van der Waals surface area contributed by atoms with Crippen LogP contribution in [-0.2, 0) is 16.0 Å². The summed E-state index contributed by atoms with van der Waals surface area (Å²) in [7, 11) is 0. The molecule has 0 heterocycles. The number of benzene rings is 2. The van der Waals surface area contributed by atoms with E-state index in [1.807, 2.05) is 48.7 Å². The number of aryl methyl sites for hydroxylation is 1. The Balaban J connectivity index is 1.91. The van der Waals surface area contributed by atoms with Crippen molar-refractivity contribution < 1.29 is 14.3 Å². The van der Waals surface area contributed by atoms with Crippen LogP contribution in [-0.4, -0.2) is 36.5 Å². The molecule has 2 aromatic rings. The molecule has 6 heteroatoms. The molecule has 0 spiro atoms. The van der Waals surface area contributed by atoms with Gasteiger partial charge in [-0.3, -0.25) is 9.59 Å². The molecule has 144 valence electrons. The van der Waals surface area contributed by atoms with E-state index < -0.39 is 6.04 Å². The molecule has 2 rings (SSSR count). The van der Waals surface area contributed by atoms with Crippen molar-refractivity contribution in [3.63, 3.8) is 0 Å². The Labute approximate surface area is 164 Å². The minimum Gasteiger partial charge on any atom is -0.484 e. The second kappa shape index (κ2) is 11.3. The Bertz CT molecular complexity index is 720. The van der Waals surface area contributed by atoms with Gasteiger partial charge in [0.15, 0.2) is 6.61 Å². The first-order chi connectivity index (χ1) is 13.1. The van der Waals surface area contributed by atoms with E-state index in [2.05, 4.69) is 17.6 Å². The second-order valence-electron chi connectivity index (χ2n) is 6.04. The van der Waals surface area contributed by atoms with Crippen LogP contribution in [0.15, 0.2) is 54.6 Å². The number of ether oxygens (including phenoxy) is 1. The number of rotatable bonds is 10. The smallest absolute Gasteiger partial charge is 0.258 e. The maximum absolute atomic E-state index is 12.6. The van der Waals surface area contributed by atoms with E-state index in [1.165, 1.54) is 5.56 Å². The topological polar surface area (TPSA) is 67.4 Å². The highest BCUT2D eigenvalue weighted by Gasteiger charge is 2.20. The normalized spacial score (nSPS) is 11.5. The van der Waals surface area contributed by atoms with Crippen LogP contribution in [0.1, 0.15) is 18.9 Å². The number of thioether (sulfide) groups is 1. The number of hydrogen-bond donors (Lipinski definition) is 2. The molecule has 27 heavy (non-hydrogen) atoms. The Hall–Kier alpha value is -2.47. The first-order valence-corrected chi connectivity index (χ1v) is 10.4. The SMILES string of the molecule is CCc1ccc(NC(=O)C(CCSC)NC(=O)COc2ccccc2)cc1. The number of nitrogens with one attached hydrogen (secondary N) is 2. The van der Waals surface area contributed by atoms with E-state index in [-0.39, 0.29) is 18.4 Å². The zero-order valence-electron chi connectivity index (χ0n) is 15.7. The highest BCUT2D eigenvalue weighted by Crippen LogP contribution is 2.12. The third kappa shape index (κ3) is 7.35. The van der Waals surface area contributed by atoms with Crippen LogP contribution in [0.5, 0.6) is 5.75 Å². The Morgan fingerprint density at radius 1 is 1.07 bits per heavy atom. The monoisotopic (exact) mass is 386 g/mol. The lowest BCUT2D eigenvalue weighted by Crippen LogP contribution is -2.45. The van der Waals surface area contributed by atoms with E-state index >= 15 is 0 Å². The first kappa shape index (κ1) is 20.8. The van der Waals surface area contributed by atoms with Crippen molar-refractivity contribution in [2.45, 2.75) is 25.8 Å². The molecule has 0 fully saturated rings. The molecular formula is C21H26N2O3S. The number of anilines is 1. The Kier molecular flexibility index (Phi) is 8.71. The molecular weight excluding hydrogens is 360 g/mol. The molecule has 0 aliphatic carbocycles. The predicted molar refractivity (Wildman–Crippen MR) is 111 cm³/mol. The number of hydrogen-bond acceptors (Lipinski definition) is 4. The van der Waals surface area contributed by atoms with Crippen LogP contribution >= 0.6 is 11.8 Å². The minimum atomic E-state index is -0.602. The minimum absolute atomic E-state index is 0.127. The van der Waals surface area contributed by atoms with Crippen molar-refractivity contribution in [2.75, 3.05) is 23.9 Å². The van der Waals surface area contributed by atoms with Gasteiger partial charge < -0.3 is 15.4 Å². The van der Waals surface area contributed by atoms with Gasteiger partial charge >= 0.3 is 0 Å². The van der Waals surface area contributed by atoms with Crippen molar-refractivity contribution in [2.24, 2.45) is 0 Å². The molecule has 0 aliphatic heterocycles. The fourth-order valence-corrected chi connectivity index (χ4v) is 2.93. The summed E-state index contributed by atoms with van der Waals surface area (Å²) in [6.07, 6.45) is 3.47. The van der Waals surface area contributed by atoms with E-state index in [1.54, 1.807) is 23.9 Å². The maximum atomic E-state index is 12.6. The van der Waals surface area contributed by atoms with E-state index in [9.17, 15) is 9.59 Å². The predicted octanol–water partition coefficient (Wildman–Crippen LogP) is 3.50. The summed E-state index contributed by atoms with van der Waals surface area (Å²) in [5.41, 5.74) is 1.93. The lowest BCUT2D eigenvalue weighted by molar-refractivity contribution is -0.127. The zero-order chi connectivity index (χ0) is 19.5. The van der Waals surface area contributed by atoms with Crippen LogP contribution in [0.3, 0.4) is 0 Å². The molecule has 0 saturated carbocycles. The molecule has 0 radical (unpaired) electrons. The van der Waals surface area contributed by atoms with Gasteiger partial charge in [0, 0.05) is 5.69 Å². The largest absolute Gasteiger partial charge is 0.484 e. The molecule has 5 nitrogen and oxygen atoms in total. The molecule has 2 aromatic carbocycles. The molecule has 0 saturated heterocycles. The average molecular weight is 387 g/mol. The molecule has 1 atom stereocenters. The summed E-state index contributed by atoms with van der Waals surface area (Å²) >= 11 is 1.63. The van der Waals surface area contributed by atoms with E-state index in [4.69, 9.17) is 4.74 Å². The van der Waals surface area contributed by atoms with Crippen molar-refractivity contribution in [1.82, 2.24) is 5.32 Å². The van der Waals surface area contributed by atoms with Crippen LogP contribution in [0, 0.1) is 0 Å². The van der Waals surface area contributed by atoms with Gasteiger partial charge in [0.2, 0.25) is 5.91 Å². The van der Waals surface area contributed by atoms with Crippen molar-refractivity contribution in [3.05, 3.63) is 60.2 Å². The van der Waals surface area contributed by atoms with Gasteiger partial charge in [0.25, 0.3) is 5.91 Å². The summed E-state index contributed by atoms with van der Waals surface area (Å²) < 4.78 is 5.45. The highest BCUT2D eigenvalue weighted by molar-refractivity contribution is 7.98. The zero-order valence-corrected chi connectivity index (χ0v) is 16.6. The fraction of sp³-hybridized carbons (Fsp3) is 0.333. The van der Waals surface area contributed by atoms with Crippen molar-refractivity contribution >= 4 is 29.3 Å². The summed E-state index contributed by atoms with van der Waals surface area (Å²) in [5.74, 6) is 0.851. The lowest BCUT2D eigenvalue weighted by atomic mass is 10.1. The van der Waals surface area contributed by atoms with Gasteiger partial charge in [0.1, 0.15) is 11.8 Å². The van der Waals surface area contributed by atoms with Gasteiger partial charge in [-0.05, 0) is 54.7 Å². The number of carbonyl (C=O) groups excluding carboxylic acids is 2. The van der Waals surface area contributed by atoms with Crippen LogP contribution < -0.4 is 15.4 Å². The third-order valence-corrected chi connectivity index (χ3v) is 4.65. The van der Waals surface area contributed by atoms with Gasteiger partial charge in [0.05, 0.1) is 0 Å². The molecule has 2 amide bonds. The molecule has 2 N–H and O–H groups in total. The van der Waals surface area contributed by atoms with E-state index in [0.717, 1.165) is 17.9 Å². The first-order valence-electron chi connectivity index (χ1n) is 8.98. The summed E-state index contributed by atoms with van der Waals surface area (Å²) in [4.78, 5) is 24.8. The number of amides is 2. The second-order valence-corrected chi connectivity index (χ2v) is 7.03. The summed E-state index contributed by atoms with van der Waals surface area (Å²) in [6, 6.07) is 16.2. The standard InChI is InChI=1S/C21H26N2O3S/c1-3-16-9-11-17(12-10-16)22-21(25)19(13-14-27-2)23-20(24)15-26-18-7-5-4-6-8-18/h4-12,19H,3,13-15H2,1-2H3,(H,22,25)(H,23,24). The van der Waals surface area contributed by atoms with Gasteiger partial charge in [-0.15, -0.1) is 0 Å². The molecule has 0 bridgehead atoms. The van der Waals surface area contributed by atoms with Crippen LogP contribution in [0.4, 0.5) is 5.69 Å². The summed E-state index contributed by atoms with van der Waals surface area (Å²) in [6.45, 7) is 1.96. The van der Waals surface area contributed by atoms with E-state index in [0.29, 0.717) is 12.2 Å². The van der Waals surface area contributed by atoms with Gasteiger partial charge in [-0.25, -0.2) is 0 Å². The third-order valence-electron chi connectivity index (χ3n) is 4.01. The highest BCUT2D eigenvalue weighted by atomic mass is 32.2. The quantitative estimate of drug-likeness (QED) is 0.656. The maximum Gasteiger partial charge on any atom is 0.258 e. The molecule has 0 aliphatic rings. The Morgan fingerprint density at radius 2 is 1.78 bits per heavy atom. The lowest BCUT2D eigenvalue weighted by Gasteiger charge is -2.18. The van der Waals surface area contributed by atoms with Gasteiger partial charge in [-0.2, -0.15) is 11.8 Å². The Morgan fingerprint density at radius 3 is 2.41 bits per heavy atom. The van der Waals surface area contributed by atoms with Crippen molar-refractivity contribution in [1.29, 1.82) is 0 Å². The van der Waals surface area contributed by atoms with Crippen molar-refractivity contribution in [3.8, 4) is 5.75 Å². The fourth-order valence-electron chi connectivity index (χ4n) is 2.46. The van der Waals surface area contributed by atoms with Gasteiger partial charge in [-0.1, -0.05) is 37.3 Å². The summed E-state index contributed by atoms with van der Waals surface area (Å²) in [5, 5.41) is 5.65. The average Bonchev–Trinajstić information content (AvgIpc) is 2.70. The number of para-hydroxylation sites is 1. The number of carbonyl (C=O) groups is 2. The van der Waals surface area contributed by atoms with Crippen LogP contribution in [0.2, 0.25) is 0 Å². The molecule has 0 aromatic heterocycles. The van der Waals surface area contributed by atoms with Crippen LogP contribution in [0.25, 0.3) is 0 Å².